The molecule has 0 spiro atoms. The molecule has 0 amide bonds. The molecule has 10 heavy (non-hydrogen) atoms. The highest BCUT2D eigenvalue weighted by Gasteiger charge is 2.03. The summed E-state index contributed by atoms with van der Waals surface area (Å²) < 4.78 is 0.756. The van der Waals surface area contributed by atoms with Crippen molar-refractivity contribution in [3.05, 3.63) is 9.81 Å². The smallest absolute Gasteiger partial charge is 0.151 e. The fourth-order valence-corrected chi connectivity index (χ4v) is 6.67. The summed E-state index contributed by atoms with van der Waals surface area (Å²) in [6, 6.07) is 3.64. The Bertz CT molecular complexity index is 202. The zero-order valence-corrected chi connectivity index (χ0v) is 10.4. The van der Waals surface area contributed by atoms with E-state index < -0.39 is 0 Å². The van der Waals surface area contributed by atoms with Crippen molar-refractivity contribution in [3.63, 3.8) is 0 Å². The van der Waals surface area contributed by atoms with Gasteiger partial charge in [0.05, 0.1) is 4.24 Å². The largest absolute Gasteiger partial charge is 0.192 e. The first-order valence-corrected chi connectivity index (χ1v) is 8.63. The Labute approximate surface area is 91.6 Å². The summed E-state index contributed by atoms with van der Waals surface area (Å²) in [4.78, 5) is 0. The number of nitriles is 2. The maximum absolute atomic E-state index is 8.39. The highest BCUT2D eigenvalue weighted by Crippen LogP contribution is 2.39. The molecule has 0 rings (SSSR count). The third-order valence-electron chi connectivity index (χ3n) is 0.568. The van der Waals surface area contributed by atoms with E-state index in [4.69, 9.17) is 10.5 Å². The molecule has 0 unspecified atom stereocenters. The molecule has 0 aromatic rings. The molecule has 52 valence electrons. The van der Waals surface area contributed by atoms with Gasteiger partial charge >= 0.3 is 0 Å². The van der Waals surface area contributed by atoms with E-state index in [1.807, 2.05) is 54.5 Å². The van der Waals surface area contributed by atoms with Gasteiger partial charge in [-0.05, 0) is 17.9 Å². The zero-order chi connectivity index (χ0) is 7.98. The van der Waals surface area contributed by atoms with Gasteiger partial charge in [-0.3, -0.25) is 0 Å². The predicted molar refractivity (Wildman–Crippen MR) is 61.5 cm³/mol. The Morgan fingerprint density at radius 1 is 1.10 bits per heavy atom. The van der Waals surface area contributed by atoms with E-state index in [2.05, 4.69) is 0 Å². The minimum atomic E-state index is 0.193. The van der Waals surface area contributed by atoms with Gasteiger partial charge in [0.2, 0.25) is 0 Å². The van der Waals surface area contributed by atoms with Crippen LogP contribution in [0.4, 0.5) is 0 Å². The summed E-state index contributed by atoms with van der Waals surface area (Å²) in [5, 5.41) is 16.8. The molecule has 0 aromatic carbocycles. The van der Waals surface area contributed by atoms with E-state index in [1.54, 1.807) is 0 Å². The van der Waals surface area contributed by atoms with Crippen LogP contribution in [0.1, 0.15) is 0 Å². The number of hydrogen-bond acceptors (Lipinski definition) is 4. The van der Waals surface area contributed by atoms with Crippen LogP contribution in [0.25, 0.3) is 0 Å². The Morgan fingerprint density at radius 2 is 1.50 bits per heavy atom. The van der Waals surface area contributed by atoms with Gasteiger partial charge in [0.1, 0.15) is 12.1 Å². The summed E-state index contributed by atoms with van der Waals surface area (Å²) in [5.74, 6) is 0. The lowest BCUT2D eigenvalue weighted by Gasteiger charge is -1.91. The van der Waals surface area contributed by atoms with Crippen LogP contribution in [-0.2, 0) is 0 Å². The van der Waals surface area contributed by atoms with Crippen LogP contribution in [0.5, 0.6) is 0 Å². The van der Waals surface area contributed by atoms with Crippen LogP contribution in [-0.4, -0.2) is 0 Å². The topological polar surface area (TPSA) is 47.6 Å². The molecule has 0 radical (unpaired) electrons. The second-order valence-electron chi connectivity index (χ2n) is 1.04. The quantitative estimate of drug-likeness (QED) is 0.532. The Hall–Kier alpha value is 0.880. The molecular weight excluding hydrogens is 394 g/mol. The minimum absolute atomic E-state index is 0.193. The molecule has 2 nitrogen and oxygen atoms in total. The molecule has 6 heteroatoms. The lowest BCUT2D eigenvalue weighted by molar-refractivity contribution is 1.47. The predicted octanol–water partition coefficient (Wildman–Crippen LogP) is 3.41. The molecule has 0 aliphatic heterocycles. The first kappa shape index (κ1) is 10.9. The number of hydrogen-bond donors (Lipinski definition) is 0. The van der Waals surface area contributed by atoms with Crippen molar-refractivity contribution < 1.29 is 0 Å². The van der Waals surface area contributed by atoms with Crippen molar-refractivity contribution >= 4 is 60.3 Å². The van der Waals surface area contributed by atoms with Gasteiger partial charge in [-0.25, -0.2) is 0 Å². The van der Waals surface area contributed by atoms with Crippen molar-refractivity contribution in [1.29, 1.82) is 10.5 Å². The highest BCUT2D eigenvalue weighted by molar-refractivity contribution is 14.2. The number of nitrogens with zero attached hydrogens (tertiary/aromatic N) is 2. The van der Waals surface area contributed by atoms with Gasteiger partial charge in [0, 0.05) is 42.4 Å². The summed E-state index contributed by atoms with van der Waals surface area (Å²) in [7, 11) is 2.77. The van der Waals surface area contributed by atoms with Gasteiger partial charge in [-0.1, -0.05) is 0 Å². The van der Waals surface area contributed by atoms with Crippen LogP contribution in [0.15, 0.2) is 9.81 Å². The Balaban J connectivity index is 4.62. The van der Waals surface area contributed by atoms with Gasteiger partial charge in [0.25, 0.3) is 0 Å². The van der Waals surface area contributed by atoms with E-state index >= 15 is 0 Å². The second-order valence-corrected chi connectivity index (χ2v) is 5.07. The van der Waals surface area contributed by atoms with Crippen molar-refractivity contribution in [3.8, 4) is 12.1 Å². The van der Waals surface area contributed by atoms with Crippen LogP contribution >= 0.6 is 60.3 Å². The summed E-state index contributed by atoms with van der Waals surface area (Å²) in [6.07, 6.45) is 0. The Morgan fingerprint density at radius 3 is 1.60 bits per heavy atom. The number of rotatable bonds is 2. The SMILES string of the molecule is N#CC(C#N)=C(SI)SI. The standard InChI is InChI=1S/C4I2N2S2/c5-9-4(10-6)3(1-7)2-8. The average Bonchev–Trinajstić information content (AvgIpc) is 2.00. The molecule has 0 aliphatic rings. The van der Waals surface area contributed by atoms with Crippen LogP contribution in [0.2, 0.25) is 0 Å². The average molecular weight is 394 g/mol. The van der Waals surface area contributed by atoms with Crippen LogP contribution in [0, 0.1) is 22.7 Å². The van der Waals surface area contributed by atoms with Gasteiger partial charge in [-0.2, -0.15) is 10.5 Å². The van der Waals surface area contributed by atoms with Crippen LogP contribution in [0.3, 0.4) is 0 Å². The third-order valence-corrected chi connectivity index (χ3v) is 6.19. The third kappa shape index (κ3) is 3.32. The maximum Gasteiger partial charge on any atom is 0.151 e. The van der Waals surface area contributed by atoms with Gasteiger partial charge in [0.15, 0.2) is 5.57 Å². The molecule has 0 atom stereocenters. The van der Waals surface area contributed by atoms with Crippen molar-refractivity contribution in [2.75, 3.05) is 0 Å². The zero-order valence-electron chi connectivity index (χ0n) is 4.47. The normalized spacial score (nSPS) is 7.60. The van der Waals surface area contributed by atoms with E-state index in [9.17, 15) is 0 Å². The molecule has 0 aliphatic carbocycles. The molecule has 0 heterocycles. The number of allylic oxidation sites excluding steroid dienone is 1. The summed E-state index contributed by atoms with van der Waals surface area (Å²) in [6.45, 7) is 0. The first-order valence-electron chi connectivity index (χ1n) is 1.91. The fourth-order valence-electron chi connectivity index (χ4n) is 0.205. The highest BCUT2D eigenvalue weighted by atomic mass is 127. The van der Waals surface area contributed by atoms with Crippen LogP contribution < -0.4 is 0 Å². The van der Waals surface area contributed by atoms with Crippen molar-refractivity contribution in [2.24, 2.45) is 0 Å². The molecule has 0 saturated heterocycles. The van der Waals surface area contributed by atoms with Gasteiger partial charge < -0.3 is 0 Å². The minimum Gasteiger partial charge on any atom is -0.192 e. The Kier molecular flexibility index (Phi) is 7.16. The van der Waals surface area contributed by atoms with E-state index in [0.29, 0.717) is 0 Å². The molecule has 0 bridgehead atoms. The van der Waals surface area contributed by atoms with Gasteiger partial charge in [-0.15, -0.1) is 0 Å². The summed E-state index contributed by atoms with van der Waals surface area (Å²) in [5.41, 5.74) is 0.193. The second kappa shape index (κ2) is 6.58. The monoisotopic (exact) mass is 394 g/mol. The van der Waals surface area contributed by atoms with E-state index in [1.165, 1.54) is 17.9 Å². The number of halogens is 2. The molecule has 0 aromatic heterocycles. The lowest BCUT2D eigenvalue weighted by Crippen LogP contribution is -1.72. The molecule has 0 N–H and O–H groups in total. The van der Waals surface area contributed by atoms with Crippen molar-refractivity contribution in [1.82, 2.24) is 0 Å². The fraction of sp³-hybridized carbons (Fsp3) is 0. The van der Waals surface area contributed by atoms with E-state index in [-0.39, 0.29) is 5.57 Å². The van der Waals surface area contributed by atoms with E-state index in [0.717, 1.165) is 4.24 Å². The molecule has 0 fully saturated rings. The lowest BCUT2D eigenvalue weighted by atomic mass is 10.4. The maximum atomic E-state index is 8.39. The van der Waals surface area contributed by atoms with Crippen molar-refractivity contribution in [2.45, 2.75) is 0 Å². The molecular formula is C4I2N2S2. The first-order chi connectivity index (χ1) is 4.79. The summed E-state index contributed by atoms with van der Waals surface area (Å²) >= 11 is 4.08. The molecule has 0 saturated carbocycles.